The molecule has 1 aliphatic rings. The van der Waals surface area contributed by atoms with Crippen LogP contribution in [0.25, 0.3) is 10.2 Å². The number of nitrogens with one attached hydrogen (secondary N) is 1. The van der Waals surface area contributed by atoms with E-state index >= 15 is 0 Å². The highest BCUT2D eigenvalue weighted by Gasteiger charge is 2.41. The molecule has 2 amide bonds. The molecule has 0 atom stereocenters. The SMILES string of the molecule is COc1ccccc1CNC(=O)c1sc2nc3c(c(C(F)(F)F)c2c1N)CN(C(C)=O)CC3. The molecule has 0 unspecified atom stereocenters. The maximum absolute atomic E-state index is 14.2. The number of thiophene rings is 1. The summed E-state index contributed by atoms with van der Waals surface area (Å²) in [5.74, 6) is -0.340. The van der Waals surface area contributed by atoms with E-state index in [0.29, 0.717) is 11.3 Å². The summed E-state index contributed by atoms with van der Waals surface area (Å²) in [6.45, 7) is 1.51. The lowest BCUT2D eigenvalue weighted by Crippen LogP contribution is -2.36. The van der Waals surface area contributed by atoms with Crippen molar-refractivity contribution in [1.82, 2.24) is 15.2 Å². The third kappa shape index (κ3) is 4.20. The number of carbonyl (C=O) groups is 2. The summed E-state index contributed by atoms with van der Waals surface area (Å²) >= 11 is 0.827. The first kappa shape index (κ1) is 22.8. The first-order valence-corrected chi connectivity index (χ1v) is 10.9. The molecule has 0 saturated heterocycles. The van der Waals surface area contributed by atoms with E-state index in [-0.39, 0.29) is 64.0 Å². The summed E-state index contributed by atoms with van der Waals surface area (Å²) in [6.07, 6.45) is -4.54. The number of ether oxygens (including phenoxy) is 1. The number of nitrogens with zero attached hydrogens (tertiary/aromatic N) is 2. The molecule has 3 aromatic rings. The largest absolute Gasteiger partial charge is 0.496 e. The van der Waals surface area contributed by atoms with Crippen molar-refractivity contribution in [3.8, 4) is 5.75 Å². The van der Waals surface area contributed by atoms with E-state index in [4.69, 9.17) is 10.5 Å². The molecule has 0 fully saturated rings. The Morgan fingerprint density at radius 2 is 2.03 bits per heavy atom. The number of nitrogens with two attached hydrogens (primary N) is 1. The number of anilines is 1. The molecule has 0 spiro atoms. The minimum absolute atomic E-state index is 0.0383. The number of hydrogen-bond donors (Lipinski definition) is 2. The van der Waals surface area contributed by atoms with Crippen LogP contribution in [0.1, 0.15) is 39.0 Å². The molecule has 7 nitrogen and oxygen atoms in total. The zero-order chi connectivity index (χ0) is 23.9. The molecular formula is C22H21F3N4O3S. The molecule has 0 aliphatic carbocycles. The zero-order valence-corrected chi connectivity index (χ0v) is 18.7. The Bertz CT molecular complexity index is 1260. The summed E-state index contributed by atoms with van der Waals surface area (Å²) in [5.41, 5.74) is 5.82. The Hall–Kier alpha value is -3.34. The quantitative estimate of drug-likeness (QED) is 0.596. The van der Waals surface area contributed by atoms with Crippen LogP contribution in [0.15, 0.2) is 24.3 Å². The van der Waals surface area contributed by atoms with E-state index in [2.05, 4.69) is 10.3 Å². The second kappa shape index (κ2) is 8.54. The highest BCUT2D eigenvalue weighted by atomic mass is 32.1. The molecule has 3 N–H and O–H groups in total. The molecule has 2 aromatic heterocycles. The van der Waals surface area contributed by atoms with Crippen LogP contribution < -0.4 is 15.8 Å². The van der Waals surface area contributed by atoms with Crippen LogP contribution in [0.2, 0.25) is 0 Å². The minimum Gasteiger partial charge on any atom is -0.496 e. The first-order chi connectivity index (χ1) is 15.6. The van der Waals surface area contributed by atoms with E-state index in [1.807, 2.05) is 0 Å². The highest BCUT2D eigenvalue weighted by molar-refractivity contribution is 7.21. The third-order valence-corrected chi connectivity index (χ3v) is 6.70. The van der Waals surface area contributed by atoms with Crippen molar-refractivity contribution in [3.05, 3.63) is 51.5 Å². The summed E-state index contributed by atoms with van der Waals surface area (Å²) in [6, 6.07) is 7.08. The fraction of sp³-hybridized carbons (Fsp3) is 0.318. The van der Waals surface area contributed by atoms with Crippen LogP contribution in [-0.4, -0.2) is 35.4 Å². The smallest absolute Gasteiger partial charge is 0.417 e. The summed E-state index contributed by atoms with van der Waals surface area (Å²) in [7, 11) is 1.50. The van der Waals surface area contributed by atoms with Gasteiger partial charge in [-0.05, 0) is 6.07 Å². The van der Waals surface area contributed by atoms with Crippen molar-refractivity contribution in [1.29, 1.82) is 0 Å². The Morgan fingerprint density at radius 3 is 2.70 bits per heavy atom. The average molecular weight is 478 g/mol. The normalized spacial score (nSPS) is 13.7. The number of benzene rings is 1. The molecule has 3 heterocycles. The van der Waals surface area contributed by atoms with Gasteiger partial charge in [0.05, 0.1) is 18.4 Å². The topological polar surface area (TPSA) is 97.5 Å². The van der Waals surface area contributed by atoms with Crippen LogP contribution in [0.4, 0.5) is 18.9 Å². The first-order valence-electron chi connectivity index (χ1n) is 10.1. The fourth-order valence-electron chi connectivity index (χ4n) is 3.98. The van der Waals surface area contributed by atoms with Crippen molar-refractivity contribution in [3.63, 3.8) is 0 Å². The second-order valence-electron chi connectivity index (χ2n) is 7.62. The van der Waals surface area contributed by atoms with Gasteiger partial charge >= 0.3 is 6.18 Å². The molecule has 1 aliphatic heterocycles. The van der Waals surface area contributed by atoms with Gasteiger partial charge in [-0.2, -0.15) is 13.2 Å². The van der Waals surface area contributed by atoms with E-state index < -0.39 is 17.6 Å². The number of nitrogen functional groups attached to an aromatic ring is 1. The predicted octanol–water partition coefficient (Wildman–Crippen LogP) is 3.74. The van der Waals surface area contributed by atoms with Gasteiger partial charge in [0.1, 0.15) is 15.5 Å². The molecular weight excluding hydrogens is 457 g/mol. The molecule has 11 heteroatoms. The van der Waals surface area contributed by atoms with Gasteiger partial charge in [-0.3, -0.25) is 9.59 Å². The van der Waals surface area contributed by atoms with Gasteiger partial charge in [0.15, 0.2) is 0 Å². The number of rotatable bonds is 4. The van der Waals surface area contributed by atoms with Gasteiger partial charge in [0.2, 0.25) is 5.91 Å². The number of halogens is 3. The van der Waals surface area contributed by atoms with Crippen LogP contribution in [0, 0.1) is 0 Å². The number of fused-ring (bicyclic) bond motifs is 2. The summed E-state index contributed by atoms with van der Waals surface area (Å²) < 4.78 is 47.8. The van der Waals surface area contributed by atoms with Gasteiger partial charge in [0, 0.05) is 55.2 Å². The number of para-hydroxylation sites is 1. The Kier molecular flexibility index (Phi) is 5.91. The fourth-order valence-corrected chi connectivity index (χ4v) is 5.02. The highest BCUT2D eigenvalue weighted by Crippen LogP contribution is 2.45. The van der Waals surface area contributed by atoms with E-state index in [1.54, 1.807) is 24.3 Å². The van der Waals surface area contributed by atoms with E-state index in [1.165, 1.54) is 18.9 Å². The van der Waals surface area contributed by atoms with Crippen molar-refractivity contribution < 1.29 is 27.5 Å². The van der Waals surface area contributed by atoms with Crippen LogP contribution in [-0.2, 0) is 30.5 Å². The standard InChI is InChI=1S/C22H21F3N4O3S/c1-11(30)29-8-7-14-13(10-29)17(22(23,24)25)16-18(26)19(33-21(16)28-14)20(31)27-9-12-5-3-4-6-15(12)32-2/h3-6H,7-10,26H2,1-2H3,(H,27,31). The van der Waals surface area contributed by atoms with E-state index in [0.717, 1.165) is 11.3 Å². The second-order valence-corrected chi connectivity index (χ2v) is 8.62. The number of amides is 2. The number of methoxy groups -OCH3 is 1. The molecule has 4 rings (SSSR count). The van der Waals surface area contributed by atoms with Gasteiger partial charge in [0.25, 0.3) is 5.91 Å². The number of pyridine rings is 1. The Balaban J connectivity index is 1.75. The van der Waals surface area contributed by atoms with Crippen molar-refractivity contribution in [2.75, 3.05) is 19.4 Å². The van der Waals surface area contributed by atoms with Gasteiger partial charge in [-0.25, -0.2) is 4.98 Å². The van der Waals surface area contributed by atoms with Crippen LogP contribution in [0.3, 0.4) is 0 Å². The van der Waals surface area contributed by atoms with Crippen molar-refractivity contribution in [2.24, 2.45) is 0 Å². The van der Waals surface area contributed by atoms with Gasteiger partial charge in [-0.15, -0.1) is 11.3 Å². The zero-order valence-electron chi connectivity index (χ0n) is 17.9. The lowest BCUT2D eigenvalue weighted by Gasteiger charge is -2.29. The minimum atomic E-state index is -4.73. The van der Waals surface area contributed by atoms with Crippen molar-refractivity contribution >= 4 is 39.1 Å². The summed E-state index contributed by atoms with van der Waals surface area (Å²) in [5, 5.41) is 2.40. The molecule has 0 radical (unpaired) electrons. The number of aromatic nitrogens is 1. The molecule has 1 aromatic carbocycles. The maximum Gasteiger partial charge on any atom is 0.417 e. The number of hydrogen-bond acceptors (Lipinski definition) is 6. The van der Waals surface area contributed by atoms with Crippen LogP contribution in [0.5, 0.6) is 5.75 Å². The predicted molar refractivity (Wildman–Crippen MR) is 118 cm³/mol. The molecule has 174 valence electrons. The molecule has 33 heavy (non-hydrogen) atoms. The average Bonchev–Trinajstić information content (AvgIpc) is 3.10. The van der Waals surface area contributed by atoms with Gasteiger partial charge in [-0.1, -0.05) is 18.2 Å². The maximum atomic E-state index is 14.2. The third-order valence-electron chi connectivity index (χ3n) is 5.60. The monoisotopic (exact) mass is 478 g/mol. The number of carbonyl (C=O) groups excluding carboxylic acids is 2. The summed E-state index contributed by atoms with van der Waals surface area (Å²) in [4.78, 5) is 30.4. The van der Waals surface area contributed by atoms with Gasteiger partial charge < -0.3 is 20.7 Å². The Morgan fingerprint density at radius 1 is 1.30 bits per heavy atom. The van der Waals surface area contributed by atoms with Crippen molar-refractivity contribution in [2.45, 2.75) is 32.6 Å². The number of alkyl halides is 3. The van der Waals surface area contributed by atoms with Crippen LogP contribution >= 0.6 is 11.3 Å². The van der Waals surface area contributed by atoms with E-state index in [9.17, 15) is 22.8 Å². The molecule has 0 saturated carbocycles. The Labute approximate surface area is 191 Å². The molecule has 0 bridgehead atoms. The lowest BCUT2D eigenvalue weighted by molar-refractivity contribution is -0.138. The lowest BCUT2D eigenvalue weighted by atomic mass is 9.96.